The van der Waals surface area contributed by atoms with E-state index in [1.807, 2.05) is 0 Å². The highest BCUT2D eigenvalue weighted by Gasteiger charge is 2.39. The largest absolute Gasteiger partial charge is 0.489 e. The topological polar surface area (TPSA) is 143 Å². The highest BCUT2D eigenvalue weighted by atomic mass is 16.5. The number of ether oxygens (including phenoxy) is 1. The molecule has 4 N–H and O–H groups in total. The van der Waals surface area contributed by atoms with Gasteiger partial charge >= 0.3 is 0 Å². The van der Waals surface area contributed by atoms with E-state index in [0.717, 1.165) is 12.8 Å². The maximum absolute atomic E-state index is 12.7. The van der Waals surface area contributed by atoms with Crippen LogP contribution in [0.5, 0.6) is 5.75 Å². The number of piperazine rings is 1. The minimum Gasteiger partial charge on any atom is -0.489 e. The number of hydrogen-bond acceptors (Lipinski definition) is 8. The van der Waals surface area contributed by atoms with Crippen molar-refractivity contribution < 1.29 is 19.1 Å². The van der Waals surface area contributed by atoms with E-state index < -0.39 is 5.91 Å². The number of nitrogens with two attached hydrogens (primary N) is 1. The zero-order valence-corrected chi connectivity index (χ0v) is 17.5. The molecular formula is C21H23N7O4. The van der Waals surface area contributed by atoms with Crippen molar-refractivity contribution in [3.63, 3.8) is 0 Å². The highest BCUT2D eigenvalue weighted by Crippen LogP contribution is 2.38. The minimum absolute atomic E-state index is 0.0576. The molecule has 11 heteroatoms. The van der Waals surface area contributed by atoms with Crippen molar-refractivity contribution in [1.29, 1.82) is 0 Å². The van der Waals surface area contributed by atoms with Gasteiger partial charge in [0, 0.05) is 37.5 Å². The van der Waals surface area contributed by atoms with Crippen molar-refractivity contribution in [3.05, 3.63) is 30.0 Å². The van der Waals surface area contributed by atoms with Crippen LogP contribution in [-0.4, -0.2) is 64.4 Å². The Hall–Kier alpha value is -3.89. The first-order valence-electron chi connectivity index (χ1n) is 10.4. The fraction of sp³-hybridized carbons (Fsp3) is 0.381. The second kappa shape index (κ2) is 7.66. The normalized spacial score (nSPS) is 19.5. The Balaban J connectivity index is 1.37. The monoisotopic (exact) mass is 437 g/mol. The van der Waals surface area contributed by atoms with Crippen LogP contribution in [0.2, 0.25) is 0 Å². The van der Waals surface area contributed by atoms with Crippen molar-refractivity contribution >= 4 is 40.9 Å². The first-order chi connectivity index (χ1) is 15.4. The van der Waals surface area contributed by atoms with Gasteiger partial charge in [-0.3, -0.25) is 19.3 Å². The van der Waals surface area contributed by atoms with Crippen LogP contribution in [0.25, 0.3) is 0 Å². The molecule has 3 amide bonds. The maximum Gasteiger partial charge on any atom is 0.254 e. The number of hydrogen-bond donors (Lipinski definition) is 3. The molecule has 2 aromatic rings. The molecule has 1 saturated carbocycles. The van der Waals surface area contributed by atoms with Crippen LogP contribution in [0, 0.1) is 0 Å². The van der Waals surface area contributed by atoms with Crippen LogP contribution in [0.3, 0.4) is 0 Å². The van der Waals surface area contributed by atoms with Crippen LogP contribution < -0.4 is 26.0 Å². The molecule has 1 atom stereocenters. The molecule has 1 aromatic carbocycles. The van der Waals surface area contributed by atoms with Crippen molar-refractivity contribution in [1.82, 2.24) is 14.9 Å². The summed E-state index contributed by atoms with van der Waals surface area (Å²) in [5.74, 6) is 0.414. The van der Waals surface area contributed by atoms with Gasteiger partial charge in [0.2, 0.25) is 17.8 Å². The Morgan fingerprint density at radius 3 is 2.81 bits per heavy atom. The van der Waals surface area contributed by atoms with Gasteiger partial charge in [-0.1, -0.05) is 0 Å². The predicted molar refractivity (Wildman–Crippen MR) is 116 cm³/mol. The number of rotatable bonds is 5. The van der Waals surface area contributed by atoms with Gasteiger partial charge in [0.15, 0.2) is 0 Å². The lowest BCUT2D eigenvalue weighted by Gasteiger charge is -2.43. The zero-order chi connectivity index (χ0) is 22.4. The first-order valence-corrected chi connectivity index (χ1v) is 10.4. The lowest BCUT2D eigenvalue weighted by Crippen LogP contribution is -2.61. The molecule has 166 valence electrons. The number of carbonyl (C=O) groups is 3. The smallest absolute Gasteiger partial charge is 0.254 e. The molecule has 1 saturated heterocycles. The quantitative estimate of drug-likeness (QED) is 0.625. The molecule has 2 aliphatic heterocycles. The lowest BCUT2D eigenvalue weighted by molar-refractivity contribution is -0.136. The predicted octanol–water partition coefficient (Wildman–Crippen LogP) is 0.849. The average Bonchev–Trinajstić information content (AvgIpc) is 3.57. The Morgan fingerprint density at radius 2 is 2.09 bits per heavy atom. The third-order valence-electron chi connectivity index (χ3n) is 5.72. The Kier molecular flexibility index (Phi) is 4.80. The minimum atomic E-state index is -0.592. The Labute approximate surface area is 183 Å². The summed E-state index contributed by atoms with van der Waals surface area (Å²) in [6.45, 7) is 2.26. The average molecular weight is 437 g/mol. The Morgan fingerprint density at radius 1 is 1.28 bits per heavy atom. The first kappa shape index (κ1) is 20.0. The Bertz CT molecular complexity index is 1120. The van der Waals surface area contributed by atoms with Gasteiger partial charge in [-0.15, -0.1) is 0 Å². The van der Waals surface area contributed by atoms with E-state index in [-0.39, 0.29) is 30.0 Å². The molecule has 0 radical (unpaired) electrons. The van der Waals surface area contributed by atoms with Crippen LogP contribution >= 0.6 is 0 Å². The number of primary amides is 1. The van der Waals surface area contributed by atoms with Gasteiger partial charge in [0.05, 0.1) is 17.3 Å². The van der Waals surface area contributed by atoms with E-state index in [9.17, 15) is 14.4 Å². The van der Waals surface area contributed by atoms with Gasteiger partial charge < -0.3 is 26.0 Å². The number of aromatic nitrogens is 2. The molecule has 2 fully saturated rings. The summed E-state index contributed by atoms with van der Waals surface area (Å²) in [5, 5.41) is 6.31. The van der Waals surface area contributed by atoms with Gasteiger partial charge in [-0.05, 0) is 25.0 Å². The molecule has 32 heavy (non-hydrogen) atoms. The van der Waals surface area contributed by atoms with Crippen molar-refractivity contribution in [2.24, 2.45) is 5.73 Å². The third kappa shape index (κ3) is 3.77. The van der Waals surface area contributed by atoms with Crippen LogP contribution in [0.4, 0.5) is 23.1 Å². The van der Waals surface area contributed by atoms with Crippen molar-refractivity contribution in [2.75, 3.05) is 35.2 Å². The fourth-order valence-electron chi connectivity index (χ4n) is 3.92. The van der Waals surface area contributed by atoms with E-state index in [0.29, 0.717) is 48.1 Å². The number of carbonyl (C=O) groups excluding carboxylic acids is 3. The summed E-state index contributed by atoms with van der Waals surface area (Å²) in [6, 6.07) is 5.45. The molecule has 5 rings (SSSR count). The maximum atomic E-state index is 12.7. The summed E-state index contributed by atoms with van der Waals surface area (Å²) in [6.07, 6.45) is 3.44. The van der Waals surface area contributed by atoms with Crippen LogP contribution in [-0.2, 0) is 9.59 Å². The standard InChI is InChI=1S/C21H23N7O4/c1-11(29)27-8-14-10-32-17-6-13(4-5-16(17)28(14)18(30)9-27)25-21-23-7-15(19(22)31)20(26-21)24-12-2-3-12/h4-7,12,14H,2-3,8-10H2,1H3,(H2,22,31)(H2,23,24,25,26). The molecule has 1 unspecified atom stereocenters. The number of nitrogens with zero attached hydrogens (tertiary/aromatic N) is 4. The van der Waals surface area contributed by atoms with E-state index >= 15 is 0 Å². The van der Waals surface area contributed by atoms with Crippen LogP contribution in [0.15, 0.2) is 24.4 Å². The van der Waals surface area contributed by atoms with Crippen molar-refractivity contribution in [3.8, 4) is 5.75 Å². The van der Waals surface area contributed by atoms with E-state index in [1.54, 1.807) is 23.1 Å². The number of nitrogens with one attached hydrogen (secondary N) is 2. The van der Waals surface area contributed by atoms with E-state index in [4.69, 9.17) is 10.5 Å². The lowest BCUT2D eigenvalue weighted by atomic mass is 10.1. The van der Waals surface area contributed by atoms with Crippen molar-refractivity contribution in [2.45, 2.75) is 31.8 Å². The molecule has 1 aromatic heterocycles. The highest BCUT2D eigenvalue weighted by molar-refractivity contribution is 6.00. The summed E-state index contributed by atoms with van der Waals surface area (Å²) in [4.78, 5) is 47.9. The van der Waals surface area contributed by atoms with Crippen LogP contribution in [0.1, 0.15) is 30.1 Å². The van der Waals surface area contributed by atoms with E-state index in [1.165, 1.54) is 18.0 Å². The summed E-state index contributed by atoms with van der Waals surface area (Å²) < 4.78 is 5.90. The number of benzene rings is 1. The molecule has 3 aliphatic rings. The molecule has 0 spiro atoms. The number of fused-ring (bicyclic) bond motifs is 3. The fourth-order valence-corrected chi connectivity index (χ4v) is 3.92. The second-order valence-corrected chi connectivity index (χ2v) is 8.17. The molecule has 3 heterocycles. The van der Waals surface area contributed by atoms with Gasteiger partial charge in [-0.25, -0.2) is 4.98 Å². The summed E-state index contributed by atoms with van der Waals surface area (Å²) in [7, 11) is 0. The number of amides is 3. The number of anilines is 4. The van der Waals surface area contributed by atoms with Gasteiger partial charge in [-0.2, -0.15) is 4.98 Å². The third-order valence-corrected chi connectivity index (χ3v) is 5.72. The zero-order valence-electron chi connectivity index (χ0n) is 17.5. The molecular weight excluding hydrogens is 414 g/mol. The molecule has 0 bridgehead atoms. The molecule has 1 aliphatic carbocycles. The van der Waals surface area contributed by atoms with Gasteiger partial charge in [0.1, 0.15) is 24.7 Å². The molecule has 11 nitrogen and oxygen atoms in total. The van der Waals surface area contributed by atoms with Gasteiger partial charge in [0.25, 0.3) is 5.91 Å². The summed E-state index contributed by atoms with van der Waals surface area (Å²) in [5.41, 5.74) is 7.01. The second-order valence-electron chi connectivity index (χ2n) is 8.17. The van der Waals surface area contributed by atoms with E-state index in [2.05, 4.69) is 20.6 Å². The summed E-state index contributed by atoms with van der Waals surface area (Å²) >= 11 is 0. The SMILES string of the molecule is CC(=O)N1CC(=O)N2c3ccc(Nc4ncc(C(N)=O)c(NC5CC5)n4)cc3OCC2C1.